The van der Waals surface area contributed by atoms with Crippen molar-refractivity contribution >= 4 is 34.1 Å². The van der Waals surface area contributed by atoms with Crippen molar-refractivity contribution < 1.29 is 18.8 Å². The number of thiophene rings is 1. The minimum absolute atomic E-state index is 0.126. The van der Waals surface area contributed by atoms with Crippen LogP contribution in [0.25, 0.3) is 0 Å². The second-order valence-electron chi connectivity index (χ2n) is 7.83. The Bertz CT molecular complexity index is 987. The molecule has 1 aliphatic heterocycles. The highest BCUT2D eigenvalue weighted by atomic mass is 32.1. The number of amides is 3. The molecule has 3 N–H and O–H groups in total. The predicted molar refractivity (Wildman–Crippen MR) is 114 cm³/mol. The highest BCUT2D eigenvalue weighted by Gasteiger charge is 2.31. The van der Waals surface area contributed by atoms with Gasteiger partial charge in [-0.25, -0.2) is 0 Å². The molecule has 1 unspecified atom stereocenters. The summed E-state index contributed by atoms with van der Waals surface area (Å²) in [5.74, 6) is 0.268. The number of rotatable bonds is 5. The first-order valence-electron chi connectivity index (χ1n) is 10.2. The molecule has 0 spiro atoms. The molecule has 3 amide bonds. The van der Waals surface area contributed by atoms with Crippen LogP contribution in [0.2, 0.25) is 0 Å². The number of nitrogens with two attached hydrogens (primary N) is 1. The zero-order chi connectivity index (χ0) is 21.4. The summed E-state index contributed by atoms with van der Waals surface area (Å²) in [5.41, 5.74) is 7.05. The molecule has 1 aliphatic carbocycles. The minimum atomic E-state index is -0.488. The number of fused-ring (bicyclic) bond motifs is 1. The summed E-state index contributed by atoms with van der Waals surface area (Å²) in [5, 5.41) is 3.48. The van der Waals surface area contributed by atoms with Crippen molar-refractivity contribution in [1.29, 1.82) is 0 Å². The van der Waals surface area contributed by atoms with E-state index in [1.807, 2.05) is 11.8 Å². The lowest BCUT2D eigenvalue weighted by molar-refractivity contribution is -0.121. The van der Waals surface area contributed by atoms with Crippen LogP contribution < -0.4 is 11.1 Å². The molecule has 2 aromatic rings. The Morgan fingerprint density at radius 2 is 1.90 bits per heavy atom. The lowest BCUT2D eigenvalue weighted by Gasteiger charge is -2.37. The monoisotopic (exact) mass is 430 g/mol. The summed E-state index contributed by atoms with van der Waals surface area (Å²) in [4.78, 5) is 42.3. The SMILES string of the molecule is Cc1ccc(C(=O)N2CCN(C(C)C(=O)Nc3sc4c(c3C(N)=O)CCC4)CC2)o1. The van der Waals surface area contributed by atoms with Crippen LogP contribution >= 0.6 is 11.3 Å². The van der Waals surface area contributed by atoms with Gasteiger partial charge in [-0.05, 0) is 50.8 Å². The Hall–Kier alpha value is -2.65. The molecule has 1 fully saturated rings. The van der Waals surface area contributed by atoms with Gasteiger partial charge in [0, 0.05) is 31.1 Å². The van der Waals surface area contributed by atoms with Gasteiger partial charge in [0.15, 0.2) is 5.76 Å². The van der Waals surface area contributed by atoms with Crippen LogP contribution in [0.4, 0.5) is 5.00 Å². The Morgan fingerprint density at radius 3 is 2.53 bits per heavy atom. The number of nitrogens with zero attached hydrogens (tertiary/aromatic N) is 2. The van der Waals surface area contributed by atoms with Crippen LogP contribution in [0.3, 0.4) is 0 Å². The Balaban J connectivity index is 1.37. The summed E-state index contributed by atoms with van der Waals surface area (Å²) in [6, 6.07) is 3.08. The first-order chi connectivity index (χ1) is 14.3. The highest BCUT2D eigenvalue weighted by molar-refractivity contribution is 7.17. The van der Waals surface area contributed by atoms with Gasteiger partial charge in [-0.2, -0.15) is 0 Å². The first-order valence-corrected chi connectivity index (χ1v) is 11.0. The number of hydrogen-bond donors (Lipinski definition) is 2. The molecule has 4 rings (SSSR count). The number of carbonyl (C=O) groups is 3. The number of nitrogens with one attached hydrogen (secondary N) is 1. The third-order valence-corrected chi connectivity index (χ3v) is 7.09. The van der Waals surface area contributed by atoms with Gasteiger partial charge in [0.1, 0.15) is 10.8 Å². The fourth-order valence-corrected chi connectivity index (χ4v) is 5.45. The molecular weight excluding hydrogens is 404 g/mol. The molecule has 2 aromatic heterocycles. The average molecular weight is 431 g/mol. The lowest BCUT2D eigenvalue weighted by atomic mass is 10.1. The van der Waals surface area contributed by atoms with Crippen molar-refractivity contribution in [2.24, 2.45) is 5.73 Å². The van der Waals surface area contributed by atoms with Gasteiger partial charge in [-0.3, -0.25) is 19.3 Å². The molecule has 3 heterocycles. The van der Waals surface area contributed by atoms with Crippen molar-refractivity contribution in [2.45, 2.75) is 39.2 Å². The van der Waals surface area contributed by atoms with Gasteiger partial charge < -0.3 is 20.4 Å². The molecule has 1 atom stereocenters. The number of hydrogen-bond acceptors (Lipinski definition) is 6. The zero-order valence-electron chi connectivity index (χ0n) is 17.2. The molecule has 8 nitrogen and oxygen atoms in total. The topological polar surface area (TPSA) is 109 Å². The fourth-order valence-electron chi connectivity index (χ4n) is 4.15. The number of piperazine rings is 1. The summed E-state index contributed by atoms with van der Waals surface area (Å²) < 4.78 is 5.43. The van der Waals surface area contributed by atoms with Gasteiger partial charge in [0.2, 0.25) is 5.91 Å². The van der Waals surface area contributed by atoms with E-state index in [0.29, 0.717) is 48.3 Å². The van der Waals surface area contributed by atoms with Gasteiger partial charge in [0.05, 0.1) is 11.6 Å². The average Bonchev–Trinajstić information content (AvgIpc) is 3.42. The van der Waals surface area contributed by atoms with E-state index in [1.54, 1.807) is 24.0 Å². The number of carbonyl (C=O) groups excluding carboxylic acids is 3. The van der Waals surface area contributed by atoms with Gasteiger partial charge in [0.25, 0.3) is 11.8 Å². The van der Waals surface area contributed by atoms with Gasteiger partial charge >= 0.3 is 0 Å². The maximum Gasteiger partial charge on any atom is 0.289 e. The molecule has 0 radical (unpaired) electrons. The maximum atomic E-state index is 12.9. The van der Waals surface area contributed by atoms with E-state index in [-0.39, 0.29) is 17.9 Å². The smallest absolute Gasteiger partial charge is 0.289 e. The highest BCUT2D eigenvalue weighted by Crippen LogP contribution is 2.38. The van der Waals surface area contributed by atoms with E-state index in [9.17, 15) is 14.4 Å². The second-order valence-corrected chi connectivity index (χ2v) is 8.93. The molecule has 1 saturated heterocycles. The largest absolute Gasteiger partial charge is 0.456 e. The van der Waals surface area contributed by atoms with Crippen molar-refractivity contribution in [3.8, 4) is 0 Å². The Morgan fingerprint density at radius 1 is 1.17 bits per heavy atom. The number of furan rings is 1. The third kappa shape index (κ3) is 3.87. The zero-order valence-corrected chi connectivity index (χ0v) is 18.0. The minimum Gasteiger partial charge on any atom is -0.456 e. The molecule has 9 heteroatoms. The van der Waals surface area contributed by atoms with Crippen molar-refractivity contribution in [1.82, 2.24) is 9.80 Å². The molecule has 0 saturated carbocycles. The number of anilines is 1. The van der Waals surface area contributed by atoms with E-state index in [2.05, 4.69) is 5.32 Å². The molecule has 0 aromatic carbocycles. The van der Waals surface area contributed by atoms with Crippen molar-refractivity contribution in [3.63, 3.8) is 0 Å². The number of aryl methyl sites for hydroxylation is 2. The Kier molecular flexibility index (Phi) is 5.66. The lowest BCUT2D eigenvalue weighted by Crippen LogP contribution is -2.54. The predicted octanol–water partition coefficient (Wildman–Crippen LogP) is 2.02. The van der Waals surface area contributed by atoms with Crippen LogP contribution in [0.1, 0.15) is 50.5 Å². The van der Waals surface area contributed by atoms with Gasteiger partial charge in [-0.15, -0.1) is 11.3 Å². The second kappa shape index (κ2) is 8.23. The first kappa shape index (κ1) is 20.6. The van der Waals surface area contributed by atoms with E-state index in [0.717, 1.165) is 29.7 Å². The summed E-state index contributed by atoms with van der Waals surface area (Å²) in [6.07, 6.45) is 2.78. The van der Waals surface area contributed by atoms with Crippen LogP contribution in [-0.2, 0) is 17.6 Å². The standard InChI is InChI=1S/C21H26N4O4S/c1-12-6-7-15(29-12)21(28)25-10-8-24(9-11-25)13(2)19(27)23-20-17(18(22)26)14-4-3-5-16(14)30-20/h6-7,13H,3-5,8-11H2,1-2H3,(H2,22,26)(H,23,27). The molecule has 30 heavy (non-hydrogen) atoms. The summed E-state index contributed by atoms with van der Waals surface area (Å²) >= 11 is 1.46. The normalized spacial score (nSPS) is 17.6. The fraction of sp³-hybridized carbons (Fsp3) is 0.476. The van der Waals surface area contributed by atoms with Crippen LogP contribution in [0.15, 0.2) is 16.5 Å². The molecule has 160 valence electrons. The molecule has 0 bridgehead atoms. The Labute approximate surface area is 179 Å². The third-order valence-electron chi connectivity index (χ3n) is 5.88. The van der Waals surface area contributed by atoms with Crippen molar-refractivity contribution in [2.75, 3.05) is 31.5 Å². The summed E-state index contributed by atoms with van der Waals surface area (Å²) in [6.45, 7) is 5.87. The number of primary amides is 1. The van der Waals surface area contributed by atoms with E-state index in [1.165, 1.54) is 11.3 Å². The molecular formula is C21H26N4O4S. The van der Waals surface area contributed by atoms with E-state index in [4.69, 9.17) is 10.2 Å². The van der Waals surface area contributed by atoms with Crippen molar-refractivity contribution in [3.05, 3.63) is 39.7 Å². The van der Waals surface area contributed by atoms with Crippen LogP contribution in [0, 0.1) is 6.92 Å². The maximum absolute atomic E-state index is 12.9. The molecule has 2 aliphatic rings. The van der Waals surface area contributed by atoms with E-state index < -0.39 is 5.91 Å². The van der Waals surface area contributed by atoms with E-state index >= 15 is 0 Å². The van der Waals surface area contributed by atoms with Crippen LogP contribution in [0.5, 0.6) is 0 Å². The van der Waals surface area contributed by atoms with Crippen LogP contribution in [-0.4, -0.2) is 59.7 Å². The summed E-state index contributed by atoms with van der Waals surface area (Å²) in [7, 11) is 0. The van der Waals surface area contributed by atoms with Gasteiger partial charge in [-0.1, -0.05) is 0 Å². The quantitative estimate of drug-likeness (QED) is 0.754.